The van der Waals surface area contributed by atoms with Crippen LogP contribution in [0.15, 0.2) is 47.4 Å². The Balaban J connectivity index is 2.44. The number of rotatable bonds is 3. The third-order valence-corrected chi connectivity index (χ3v) is 4.04. The molecule has 118 valence electrons. The smallest absolute Gasteiger partial charge is 0.378 e. The molecule has 0 aliphatic carbocycles. The quantitative estimate of drug-likeness (QED) is 0.631. The number of halogens is 4. The number of hydrogen-bond acceptors (Lipinski definition) is 3. The zero-order chi connectivity index (χ0) is 16.5. The van der Waals surface area contributed by atoms with E-state index in [1.165, 1.54) is 13.0 Å². The topological polar surface area (TPSA) is 43.4 Å². The molecule has 0 fully saturated rings. The van der Waals surface area contributed by atoms with E-state index in [1.54, 1.807) is 0 Å². The standard InChI is InChI=1S/C14H10F4O3S/c1-9-8-10(6-7-12(9)15)22(19,20)21-13-5-3-2-4-11(13)14(16,17)18/h2-8H,1H3. The fraction of sp³-hybridized carbons (Fsp3) is 0.143. The number of hydrogen-bond donors (Lipinski definition) is 0. The monoisotopic (exact) mass is 334 g/mol. The SMILES string of the molecule is Cc1cc(S(=O)(=O)Oc2ccccc2C(F)(F)F)ccc1F. The summed E-state index contributed by atoms with van der Waals surface area (Å²) in [6.45, 7) is 1.33. The number of para-hydroxylation sites is 1. The molecule has 0 aliphatic heterocycles. The van der Waals surface area contributed by atoms with Crippen molar-refractivity contribution in [3.8, 4) is 5.75 Å². The van der Waals surface area contributed by atoms with Crippen LogP contribution in [-0.2, 0) is 16.3 Å². The van der Waals surface area contributed by atoms with E-state index in [9.17, 15) is 26.0 Å². The molecule has 0 spiro atoms. The van der Waals surface area contributed by atoms with E-state index in [2.05, 4.69) is 4.18 Å². The third-order valence-electron chi connectivity index (χ3n) is 2.81. The average Bonchev–Trinajstić information content (AvgIpc) is 2.40. The first kappa shape index (κ1) is 16.3. The highest BCUT2D eigenvalue weighted by molar-refractivity contribution is 7.87. The van der Waals surface area contributed by atoms with E-state index in [-0.39, 0.29) is 5.56 Å². The molecule has 0 bridgehead atoms. The molecule has 2 aromatic carbocycles. The van der Waals surface area contributed by atoms with Crippen molar-refractivity contribution in [1.82, 2.24) is 0 Å². The maximum Gasteiger partial charge on any atom is 0.420 e. The molecular formula is C14H10F4O3S. The summed E-state index contributed by atoms with van der Waals surface area (Å²) in [4.78, 5) is -0.427. The molecule has 0 saturated carbocycles. The Kier molecular flexibility index (Phi) is 4.15. The van der Waals surface area contributed by atoms with Gasteiger partial charge >= 0.3 is 16.3 Å². The van der Waals surface area contributed by atoms with Gasteiger partial charge in [0.25, 0.3) is 0 Å². The Hall–Kier alpha value is -2.09. The molecule has 0 radical (unpaired) electrons. The van der Waals surface area contributed by atoms with Crippen LogP contribution in [0, 0.1) is 12.7 Å². The molecule has 22 heavy (non-hydrogen) atoms. The van der Waals surface area contributed by atoms with Crippen molar-refractivity contribution in [2.24, 2.45) is 0 Å². The van der Waals surface area contributed by atoms with E-state index >= 15 is 0 Å². The Morgan fingerprint density at radius 2 is 1.68 bits per heavy atom. The first-order valence-electron chi connectivity index (χ1n) is 5.98. The van der Waals surface area contributed by atoms with Crippen LogP contribution in [0.5, 0.6) is 5.75 Å². The van der Waals surface area contributed by atoms with Gasteiger partial charge in [-0.2, -0.15) is 21.6 Å². The first-order chi connectivity index (χ1) is 10.1. The lowest BCUT2D eigenvalue weighted by molar-refractivity contribution is -0.138. The summed E-state index contributed by atoms with van der Waals surface area (Å²) >= 11 is 0. The van der Waals surface area contributed by atoms with E-state index < -0.39 is 38.3 Å². The van der Waals surface area contributed by atoms with Crippen molar-refractivity contribution in [3.05, 3.63) is 59.4 Å². The molecule has 2 aromatic rings. The van der Waals surface area contributed by atoms with E-state index in [0.717, 1.165) is 30.3 Å². The minimum absolute atomic E-state index is 0.0359. The zero-order valence-corrected chi connectivity index (χ0v) is 12.0. The average molecular weight is 334 g/mol. The highest BCUT2D eigenvalue weighted by Gasteiger charge is 2.35. The van der Waals surface area contributed by atoms with Crippen LogP contribution in [0.1, 0.15) is 11.1 Å². The summed E-state index contributed by atoms with van der Waals surface area (Å²) in [7, 11) is -4.50. The first-order valence-corrected chi connectivity index (χ1v) is 7.39. The maximum atomic E-state index is 13.1. The minimum Gasteiger partial charge on any atom is -0.378 e. The van der Waals surface area contributed by atoms with Gasteiger partial charge in [-0.3, -0.25) is 0 Å². The fourth-order valence-electron chi connectivity index (χ4n) is 1.71. The molecule has 0 atom stereocenters. The van der Waals surface area contributed by atoms with Gasteiger partial charge in [0.1, 0.15) is 10.7 Å². The van der Waals surface area contributed by atoms with Gasteiger partial charge in [0.05, 0.1) is 5.56 Å². The summed E-state index contributed by atoms with van der Waals surface area (Å²) in [5.74, 6) is -1.47. The summed E-state index contributed by atoms with van der Waals surface area (Å²) in [6, 6.07) is 6.76. The second kappa shape index (κ2) is 5.60. The zero-order valence-electron chi connectivity index (χ0n) is 11.2. The van der Waals surface area contributed by atoms with Gasteiger partial charge in [-0.1, -0.05) is 12.1 Å². The van der Waals surface area contributed by atoms with Gasteiger partial charge in [-0.05, 0) is 42.8 Å². The molecular weight excluding hydrogens is 324 g/mol. The van der Waals surface area contributed by atoms with E-state index in [4.69, 9.17) is 0 Å². The Morgan fingerprint density at radius 3 is 2.27 bits per heavy atom. The summed E-state index contributed by atoms with van der Waals surface area (Å²) in [5.41, 5.74) is -1.17. The number of aryl methyl sites for hydroxylation is 1. The summed E-state index contributed by atoms with van der Waals surface area (Å²) in [5, 5.41) is 0. The largest absolute Gasteiger partial charge is 0.420 e. The molecule has 0 aromatic heterocycles. The summed E-state index contributed by atoms with van der Waals surface area (Å²) in [6.07, 6.45) is -4.76. The molecule has 0 N–H and O–H groups in total. The van der Waals surface area contributed by atoms with Gasteiger partial charge in [0, 0.05) is 0 Å². The Bertz CT molecular complexity index is 798. The lowest BCUT2D eigenvalue weighted by atomic mass is 10.2. The normalized spacial score (nSPS) is 12.2. The van der Waals surface area contributed by atoms with Crippen LogP contribution in [-0.4, -0.2) is 8.42 Å². The lowest BCUT2D eigenvalue weighted by Crippen LogP contribution is -2.14. The highest BCUT2D eigenvalue weighted by atomic mass is 32.2. The van der Waals surface area contributed by atoms with Crippen LogP contribution in [0.3, 0.4) is 0 Å². The lowest BCUT2D eigenvalue weighted by Gasteiger charge is -2.13. The second-order valence-corrected chi connectivity index (χ2v) is 5.99. The van der Waals surface area contributed by atoms with Crippen molar-refractivity contribution in [2.45, 2.75) is 18.0 Å². The Labute approximate surface area is 124 Å². The van der Waals surface area contributed by atoms with Crippen LogP contribution < -0.4 is 4.18 Å². The summed E-state index contributed by atoms with van der Waals surface area (Å²) < 4.78 is 80.2. The molecule has 0 aliphatic rings. The molecule has 3 nitrogen and oxygen atoms in total. The Morgan fingerprint density at radius 1 is 1.05 bits per heavy atom. The number of benzene rings is 2. The van der Waals surface area contributed by atoms with Gasteiger partial charge in [0.2, 0.25) is 0 Å². The molecule has 0 heterocycles. The van der Waals surface area contributed by atoms with Crippen molar-refractivity contribution in [1.29, 1.82) is 0 Å². The van der Waals surface area contributed by atoms with Gasteiger partial charge in [0.15, 0.2) is 5.75 Å². The van der Waals surface area contributed by atoms with Crippen molar-refractivity contribution in [3.63, 3.8) is 0 Å². The van der Waals surface area contributed by atoms with Crippen molar-refractivity contribution >= 4 is 10.1 Å². The fourth-order valence-corrected chi connectivity index (χ4v) is 2.75. The molecule has 0 saturated heterocycles. The highest BCUT2D eigenvalue weighted by Crippen LogP contribution is 2.37. The predicted octanol–water partition coefficient (Wildman–Crippen LogP) is 3.92. The minimum atomic E-state index is -4.76. The van der Waals surface area contributed by atoms with Crippen LogP contribution >= 0.6 is 0 Å². The van der Waals surface area contributed by atoms with Crippen LogP contribution in [0.4, 0.5) is 17.6 Å². The predicted molar refractivity (Wildman–Crippen MR) is 70.4 cm³/mol. The molecule has 0 amide bonds. The van der Waals surface area contributed by atoms with Gasteiger partial charge < -0.3 is 4.18 Å². The van der Waals surface area contributed by atoms with Gasteiger partial charge in [-0.15, -0.1) is 0 Å². The van der Waals surface area contributed by atoms with Crippen molar-refractivity contribution in [2.75, 3.05) is 0 Å². The van der Waals surface area contributed by atoms with Crippen LogP contribution in [0.2, 0.25) is 0 Å². The molecule has 2 rings (SSSR count). The second-order valence-electron chi connectivity index (χ2n) is 4.44. The maximum absolute atomic E-state index is 13.1. The molecule has 0 unspecified atom stereocenters. The van der Waals surface area contributed by atoms with Crippen LogP contribution in [0.25, 0.3) is 0 Å². The van der Waals surface area contributed by atoms with Gasteiger partial charge in [-0.25, -0.2) is 4.39 Å². The van der Waals surface area contributed by atoms with Crippen molar-refractivity contribution < 1.29 is 30.2 Å². The van der Waals surface area contributed by atoms with E-state index in [1.807, 2.05) is 0 Å². The third kappa shape index (κ3) is 3.38. The molecule has 8 heteroatoms. The number of alkyl halides is 3. The van der Waals surface area contributed by atoms with E-state index in [0.29, 0.717) is 6.07 Å².